The third-order valence-corrected chi connectivity index (χ3v) is 5.32. The molecule has 1 saturated heterocycles. The zero-order valence-corrected chi connectivity index (χ0v) is 16.2. The molecule has 29 heavy (non-hydrogen) atoms. The lowest BCUT2D eigenvalue weighted by Crippen LogP contribution is -2.25. The molecule has 1 aromatic carbocycles. The topological polar surface area (TPSA) is 55.5 Å². The lowest BCUT2D eigenvalue weighted by molar-refractivity contribution is 0.238. The van der Waals surface area contributed by atoms with Gasteiger partial charge in [-0.15, -0.1) is 5.10 Å². The van der Waals surface area contributed by atoms with Crippen LogP contribution in [-0.2, 0) is 0 Å². The van der Waals surface area contributed by atoms with Crippen molar-refractivity contribution in [2.24, 2.45) is 0 Å². The van der Waals surface area contributed by atoms with Crippen LogP contribution in [0.5, 0.6) is 5.75 Å². The van der Waals surface area contributed by atoms with Crippen LogP contribution in [0.3, 0.4) is 0 Å². The summed E-state index contributed by atoms with van der Waals surface area (Å²) < 4.78 is 7.81. The first-order valence-corrected chi connectivity index (χ1v) is 10.1. The molecule has 5 rings (SSSR count). The molecule has 3 aromatic heterocycles. The molecule has 6 heteroatoms. The van der Waals surface area contributed by atoms with Gasteiger partial charge in [-0.05, 0) is 67.9 Å². The summed E-state index contributed by atoms with van der Waals surface area (Å²) >= 11 is 0. The fourth-order valence-electron chi connectivity index (χ4n) is 3.81. The number of hydrogen-bond donors (Lipinski definition) is 0. The predicted octanol–water partition coefficient (Wildman–Crippen LogP) is 3.93. The predicted molar refractivity (Wildman–Crippen MR) is 113 cm³/mol. The average molecular weight is 385 g/mol. The van der Waals surface area contributed by atoms with Crippen molar-refractivity contribution in [1.82, 2.24) is 24.5 Å². The normalized spacial score (nSPS) is 14.5. The molecule has 1 fully saturated rings. The molecule has 4 heterocycles. The monoisotopic (exact) mass is 385 g/mol. The minimum absolute atomic E-state index is 0.691. The Bertz CT molecular complexity index is 1100. The smallest absolute Gasteiger partial charge is 0.182 e. The molecular formula is C23H23N5O. The lowest BCUT2D eigenvalue weighted by Gasteiger charge is -2.15. The first-order valence-electron chi connectivity index (χ1n) is 10.1. The molecule has 0 radical (unpaired) electrons. The van der Waals surface area contributed by atoms with Crippen molar-refractivity contribution in [3.63, 3.8) is 0 Å². The maximum Gasteiger partial charge on any atom is 0.182 e. The van der Waals surface area contributed by atoms with Crippen LogP contribution in [0.25, 0.3) is 28.2 Å². The van der Waals surface area contributed by atoms with Gasteiger partial charge in [0.05, 0.1) is 0 Å². The van der Waals surface area contributed by atoms with E-state index in [0.717, 1.165) is 34.6 Å². The second-order valence-electron chi connectivity index (χ2n) is 7.29. The highest BCUT2D eigenvalue weighted by Crippen LogP contribution is 2.26. The van der Waals surface area contributed by atoms with Crippen molar-refractivity contribution in [3.05, 3.63) is 67.1 Å². The Labute approximate surface area is 169 Å². The Kier molecular flexibility index (Phi) is 4.92. The van der Waals surface area contributed by atoms with Gasteiger partial charge in [0, 0.05) is 36.3 Å². The van der Waals surface area contributed by atoms with E-state index in [9.17, 15) is 0 Å². The molecule has 1 aliphatic rings. The van der Waals surface area contributed by atoms with Crippen molar-refractivity contribution in [2.75, 3.05) is 26.2 Å². The Morgan fingerprint density at radius 1 is 0.931 bits per heavy atom. The van der Waals surface area contributed by atoms with Crippen LogP contribution in [0.2, 0.25) is 0 Å². The molecule has 0 unspecified atom stereocenters. The van der Waals surface area contributed by atoms with Crippen LogP contribution in [0.1, 0.15) is 12.8 Å². The number of rotatable bonds is 6. The van der Waals surface area contributed by atoms with E-state index in [1.807, 2.05) is 53.2 Å². The van der Waals surface area contributed by atoms with Crippen molar-refractivity contribution < 1.29 is 4.74 Å². The van der Waals surface area contributed by atoms with Gasteiger partial charge in [0.25, 0.3) is 0 Å². The molecule has 0 N–H and O–H groups in total. The van der Waals surface area contributed by atoms with Gasteiger partial charge in [0.1, 0.15) is 12.4 Å². The van der Waals surface area contributed by atoms with Crippen molar-refractivity contribution in [3.8, 4) is 28.3 Å². The fraction of sp³-hybridized carbons (Fsp3) is 0.261. The molecule has 4 aromatic rings. The Morgan fingerprint density at radius 3 is 2.66 bits per heavy atom. The molecule has 1 aliphatic heterocycles. The summed E-state index contributed by atoms with van der Waals surface area (Å²) in [7, 11) is 0. The van der Waals surface area contributed by atoms with E-state index < -0.39 is 0 Å². The zero-order chi connectivity index (χ0) is 19.5. The molecule has 146 valence electrons. The number of aromatic nitrogens is 4. The third kappa shape index (κ3) is 3.84. The highest BCUT2D eigenvalue weighted by molar-refractivity contribution is 5.78. The van der Waals surface area contributed by atoms with Crippen LogP contribution < -0.4 is 4.74 Å². The van der Waals surface area contributed by atoms with Crippen LogP contribution >= 0.6 is 0 Å². The zero-order valence-electron chi connectivity index (χ0n) is 16.2. The minimum Gasteiger partial charge on any atom is -0.492 e. The molecule has 0 saturated carbocycles. The summed E-state index contributed by atoms with van der Waals surface area (Å²) in [5.74, 6) is 1.55. The highest BCUT2D eigenvalue weighted by Gasteiger charge is 2.13. The molecule has 0 aliphatic carbocycles. The Hall–Kier alpha value is -3.25. The number of hydrogen-bond acceptors (Lipinski definition) is 5. The van der Waals surface area contributed by atoms with E-state index in [1.165, 1.54) is 25.9 Å². The van der Waals surface area contributed by atoms with E-state index in [1.54, 1.807) is 12.4 Å². The van der Waals surface area contributed by atoms with Gasteiger partial charge in [-0.25, -0.2) is 9.50 Å². The summed E-state index contributed by atoms with van der Waals surface area (Å²) in [6.45, 7) is 4.06. The van der Waals surface area contributed by atoms with E-state index in [4.69, 9.17) is 9.72 Å². The molecule has 0 amide bonds. The number of fused-ring (bicyclic) bond motifs is 1. The maximum atomic E-state index is 5.99. The summed E-state index contributed by atoms with van der Waals surface area (Å²) in [6, 6.07) is 16.0. The first-order chi connectivity index (χ1) is 14.4. The lowest BCUT2D eigenvalue weighted by atomic mass is 10.1. The number of pyridine rings is 2. The van der Waals surface area contributed by atoms with E-state index in [2.05, 4.69) is 21.0 Å². The third-order valence-electron chi connectivity index (χ3n) is 5.32. The van der Waals surface area contributed by atoms with Gasteiger partial charge >= 0.3 is 0 Å². The molecule has 0 atom stereocenters. The van der Waals surface area contributed by atoms with Gasteiger partial charge in [-0.3, -0.25) is 9.88 Å². The van der Waals surface area contributed by atoms with Gasteiger partial charge in [0.2, 0.25) is 0 Å². The van der Waals surface area contributed by atoms with Crippen LogP contribution in [0.15, 0.2) is 67.1 Å². The van der Waals surface area contributed by atoms with Gasteiger partial charge < -0.3 is 4.74 Å². The largest absolute Gasteiger partial charge is 0.492 e. The molecular weight excluding hydrogens is 362 g/mol. The summed E-state index contributed by atoms with van der Waals surface area (Å²) in [5, 5.41) is 4.68. The maximum absolute atomic E-state index is 5.99. The van der Waals surface area contributed by atoms with Gasteiger partial charge in [-0.1, -0.05) is 12.1 Å². The molecule has 0 bridgehead atoms. The second kappa shape index (κ2) is 8.01. The summed E-state index contributed by atoms with van der Waals surface area (Å²) in [6.07, 6.45) is 8.11. The number of benzene rings is 1. The fourth-order valence-corrected chi connectivity index (χ4v) is 3.81. The van der Waals surface area contributed by atoms with E-state index in [0.29, 0.717) is 12.4 Å². The number of ether oxygens (including phenoxy) is 1. The second-order valence-corrected chi connectivity index (χ2v) is 7.29. The van der Waals surface area contributed by atoms with Crippen molar-refractivity contribution in [2.45, 2.75) is 12.8 Å². The van der Waals surface area contributed by atoms with E-state index in [-0.39, 0.29) is 0 Å². The average Bonchev–Trinajstić information content (AvgIpc) is 3.44. The quantitative estimate of drug-likeness (QED) is 0.503. The van der Waals surface area contributed by atoms with Crippen LogP contribution in [0, 0.1) is 0 Å². The van der Waals surface area contributed by atoms with Crippen LogP contribution in [-0.4, -0.2) is 50.7 Å². The molecule has 0 spiro atoms. The van der Waals surface area contributed by atoms with Crippen LogP contribution in [0.4, 0.5) is 0 Å². The number of likely N-dealkylation sites (tertiary alicyclic amines) is 1. The van der Waals surface area contributed by atoms with Crippen molar-refractivity contribution in [1.29, 1.82) is 0 Å². The highest BCUT2D eigenvalue weighted by atomic mass is 16.5. The van der Waals surface area contributed by atoms with Gasteiger partial charge in [0.15, 0.2) is 11.5 Å². The Morgan fingerprint density at radius 2 is 1.79 bits per heavy atom. The van der Waals surface area contributed by atoms with Gasteiger partial charge in [-0.2, -0.15) is 0 Å². The first kappa shape index (κ1) is 17.8. The Balaban J connectivity index is 1.39. The van der Waals surface area contributed by atoms with Crippen molar-refractivity contribution >= 4 is 5.65 Å². The minimum atomic E-state index is 0.691. The standard InChI is InChI=1S/C23H23N5O/c1-2-13-27(12-1)15-16-29-20-6-3-5-19(17-20)22-25-23-21(7-4-14-28(23)26-22)18-8-10-24-11-9-18/h3-11,14,17H,1-2,12-13,15-16H2. The summed E-state index contributed by atoms with van der Waals surface area (Å²) in [5.41, 5.74) is 3.89. The number of nitrogens with zero attached hydrogens (tertiary/aromatic N) is 5. The SMILES string of the molecule is c1cc(OCCN2CCCC2)cc(-c2nc3c(-c4ccncc4)cccn3n2)c1. The summed E-state index contributed by atoms with van der Waals surface area (Å²) in [4.78, 5) is 11.4. The van der Waals surface area contributed by atoms with E-state index >= 15 is 0 Å². The molecule has 6 nitrogen and oxygen atoms in total.